The van der Waals surface area contributed by atoms with Crippen molar-refractivity contribution in [3.05, 3.63) is 0 Å². The number of nitrogens with two attached hydrogens (primary N) is 1. The van der Waals surface area contributed by atoms with Crippen molar-refractivity contribution in [2.24, 2.45) is 11.7 Å². The van der Waals surface area contributed by atoms with Crippen molar-refractivity contribution < 1.29 is 14.3 Å². The average molecular weight is 283 g/mol. The van der Waals surface area contributed by atoms with E-state index in [1.165, 1.54) is 7.11 Å². The minimum atomic E-state index is -1.32. The number of ether oxygens (including phenoxy) is 1. The van der Waals surface area contributed by atoms with E-state index in [-0.39, 0.29) is 17.9 Å². The van der Waals surface area contributed by atoms with Crippen LogP contribution in [-0.2, 0) is 9.53 Å². The molecular formula is C14H25N3O3. The maximum atomic E-state index is 12.9. The minimum Gasteiger partial charge on any atom is -0.453 e. The highest BCUT2D eigenvalue weighted by atomic mass is 16.5. The fourth-order valence-corrected chi connectivity index (χ4v) is 3.18. The number of methoxy groups -OCH3 is 1. The lowest BCUT2D eigenvalue weighted by Crippen LogP contribution is -2.71. The largest absolute Gasteiger partial charge is 0.453 e. The van der Waals surface area contributed by atoms with Crippen LogP contribution in [0, 0.1) is 5.92 Å². The van der Waals surface area contributed by atoms with E-state index in [0.717, 1.165) is 45.1 Å². The third-order valence-corrected chi connectivity index (χ3v) is 4.71. The summed E-state index contributed by atoms with van der Waals surface area (Å²) in [6.07, 6.45) is 5.10. The van der Waals surface area contributed by atoms with Gasteiger partial charge in [0.15, 0.2) is 5.66 Å². The monoisotopic (exact) mass is 283 g/mol. The van der Waals surface area contributed by atoms with E-state index in [1.807, 2.05) is 4.90 Å². The van der Waals surface area contributed by atoms with Crippen LogP contribution < -0.4 is 11.1 Å². The van der Waals surface area contributed by atoms with E-state index in [9.17, 15) is 9.59 Å². The molecule has 2 amide bonds. The van der Waals surface area contributed by atoms with Gasteiger partial charge in [0.1, 0.15) is 0 Å². The Kier molecular flexibility index (Phi) is 4.52. The van der Waals surface area contributed by atoms with Crippen LogP contribution in [0.25, 0.3) is 0 Å². The quantitative estimate of drug-likeness (QED) is 0.759. The third-order valence-electron chi connectivity index (χ3n) is 4.71. The van der Waals surface area contributed by atoms with Crippen molar-refractivity contribution in [1.29, 1.82) is 0 Å². The molecule has 1 unspecified atom stereocenters. The maximum absolute atomic E-state index is 12.9. The van der Waals surface area contributed by atoms with Crippen LogP contribution in [0.15, 0.2) is 0 Å². The summed E-state index contributed by atoms with van der Waals surface area (Å²) in [6.45, 7) is 2.80. The summed E-state index contributed by atoms with van der Waals surface area (Å²) < 4.78 is 4.63. The van der Waals surface area contributed by atoms with E-state index in [4.69, 9.17) is 5.73 Å². The fraction of sp³-hybridized carbons (Fsp3) is 0.857. The van der Waals surface area contributed by atoms with Crippen LogP contribution in [0.3, 0.4) is 0 Å². The zero-order chi connectivity index (χ0) is 14.8. The summed E-state index contributed by atoms with van der Waals surface area (Å²) in [4.78, 5) is 26.3. The third kappa shape index (κ3) is 2.61. The zero-order valence-electron chi connectivity index (χ0n) is 12.4. The van der Waals surface area contributed by atoms with E-state index >= 15 is 0 Å². The predicted octanol–water partition coefficient (Wildman–Crippen LogP) is 1.20. The number of nitrogens with zero attached hydrogens (tertiary/aromatic N) is 1. The number of amides is 2. The van der Waals surface area contributed by atoms with Crippen LogP contribution in [0.1, 0.15) is 45.4 Å². The molecule has 0 bridgehead atoms. The van der Waals surface area contributed by atoms with Crippen LogP contribution in [-0.4, -0.2) is 42.3 Å². The Bertz CT molecular complexity index is 384. The number of hydrogen-bond acceptors (Lipinski definition) is 4. The number of carbonyl (C=O) groups excluding carboxylic acids is 2. The van der Waals surface area contributed by atoms with Gasteiger partial charge in [-0.2, -0.15) is 0 Å². The van der Waals surface area contributed by atoms with Gasteiger partial charge in [-0.1, -0.05) is 13.3 Å². The fourth-order valence-electron chi connectivity index (χ4n) is 3.18. The molecule has 1 saturated carbocycles. The van der Waals surface area contributed by atoms with Crippen molar-refractivity contribution in [3.8, 4) is 0 Å². The first-order valence-corrected chi connectivity index (χ1v) is 7.49. The molecule has 1 aliphatic heterocycles. The highest BCUT2D eigenvalue weighted by Gasteiger charge is 2.49. The Morgan fingerprint density at radius 1 is 1.35 bits per heavy atom. The van der Waals surface area contributed by atoms with Crippen LogP contribution >= 0.6 is 0 Å². The SMILES string of the molecule is CC[C@@H]1CCCN1C(=O)C(N)(NC(=O)OC)C1CCC1. The molecule has 1 heterocycles. The molecule has 6 nitrogen and oxygen atoms in total. The number of nitrogens with one attached hydrogen (secondary N) is 1. The van der Waals surface area contributed by atoms with E-state index < -0.39 is 11.8 Å². The van der Waals surface area contributed by atoms with Crippen molar-refractivity contribution >= 4 is 12.0 Å². The molecule has 1 saturated heterocycles. The summed E-state index contributed by atoms with van der Waals surface area (Å²) >= 11 is 0. The molecule has 0 radical (unpaired) electrons. The Morgan fingerprint density at radius 3 is 2.55 bits per heavy atom. The van der Waals surface area contributed by atoms with Gasteiger partial charge in [-0.3, -0.25) is 10.1 Å². The Labute approximate surface area is 120 Å². The van der Waals surface area contributed by atoms with E-state index in [1.54, 1.807) is 0 Å². The normalized spacial score (nSPS) is 25.8. The lowest BCUT2D eigenvalue weighted by atomic mass is 9.75. The molecule has 2 fully saturated rings. The highest BCUT2D eigenvalue weighted by Crippen LogP contribution is 2.36. The van der Waals surface area contributed by atoms with Crippen molar-refractivity contribution in [1.82, 2.24) is 10.2 Å². The van der Waals surface area contributed by atoms with Gasteiger partial charge >= 0.3 is 6.09 Å². The van der Waals surface area contributed by atoms with Crippen molar-refractivity contribution in [2.75, 3.05) is 13.7 Å². The van der Waals surface area contributed by atoms with Crippen molar-refractivity contribution in [2.45, 2.75) is 57.2 Å². The Balaban J connectivity index is 2.17. The van der Waals surface area contributed by atoms with Gasteiger partial charge in [-0.05, 0) is 32.1 Å². The molecule has 2 atom stereocenters. The van der Waals surface area contributed by atoms with Crippen LogP contribution in [0.4, 0.5) is 4.79 Å². The lowest BCUT2D eigenvalue weighted by molar-refractivity contribution is -0.143. The van der Waals surface area contributed by atoms with E-state index in [0.29, 0.717) is 0 Å². The molecule has 3 N–H and O–H groups in total. The number of rotatable bonds is 4. The lowest BCUT2D eigenvalue weighted by Gasteiger charge is -2.44. The Hall–Kier alpha value is -1.30. The first-order valence-electron chi connectivity index (χ1n) is 7.49. The van der Waals surface area contributed by atoms with Gasteiger partial charge in [-0.15, -0.1) is 0 Å². The zero-order valence-corrected chi connectivity index (χ0v) is 12.4. The second-order valence-electron chi connectivity index (χ2n) is 5.82. The maximum Gasteiger partial charge on any atom is 0.408 e. The molecular weight excluding hydrogens is 258 g/mol. The molecule has 20 heavy (non-hydrogen) atoms. The second-order valence-corrected chi connectivity index (χ2v) is 5.82. The summed E-state index contributed by atoms with van der Waals surface area (Å²) in [5, 5.41) is 2.59. The molecule has 0 aromatic carbocycles. The molecule has 6 heteroatoms. The summed E-state index contributed by atoms with van der Waals surface area (Å²) in [5.41, 5.74) is 5.00. The molecule has 0 aromatic rings. The average Bonchev–Trinajstić information content (AvgIpc) is 2.83. The van der Waals surface area contributed by atoms with Gasteiger partial charge in [0.25, 0.3) is 5.91 Å². The highest BCUT2D eigenvalue weighted by molar-refractivity contribution is 5.90. The number of likely N-dealkylation sites (tertiary alicyclic amines) is 1. The number of hydrogen-bond donors (Lipinski definition) is 2. The minimum absolute atomic E-state index is 0.00667. The summed E-state index contributed by atoms with van der Waals surface area (Å²) in [6, 6.07) is 0.241. The second kappa shape index (κ2) is 5.99. The molecule has 0 aromatic heterocycles. The first-order chi connectivity index (χ1) is 9.52. The van der Waals surface area contributed by atoms with Gasteiger partial charge in [0.2, 0.25) is 0 Å². The molecule has 0 spiro atoms. The number of alkyl carbamates (subject to hydrolysis) is 1. The predicted molar refractivity (Wildman–Crippen MR) is 74.8 cm³/mol. The van der Waals surface area contributed by atoms with Gasteiger partial charge in [0, 0.05) is 18.5 Å². The van der Waals surface area contributed by atoms with Gasteiger partial charge in [0.05, 0.1) is 7.11 Å². The number of carbonyl (C=O) groups is 2. The molecule has 2 rings (SSSR count). The van der Waals surface area contributed by atoms with Crippen LogP contribution in [0.2, 0.25) is 0 Å². The molecule has 2 aliphatic rings. The molecule has 114 valence electrons. The van der Waals surface area contributed by atoms with Crippen LogP contribution in [0.5, 0.6) is 0 Å². The Morgan fingerprint density at radius 2 is 2.05 bits per heavy atom. The van der Waals surface area contributed by atoms with Crippen molar-refractivity contribution in [3.63, 3.8) is 0 Å². The topological polar surface area (TPSA) is 84.7 Å². The smallest absolute Gasteiger partial charge is 0.408 e. The standard InChI is InChI=1S/C14H25N3O3/c1-3-11-8-5-9-17(11)12(18)14(15,10-6-4-7-10)16-13(19)20-2/h10-11H,3-9,15H2,1-2H3,(H,16,19)/t11-,14?/m1/s1. The first kappa shape index (κ1) is 15.1. The summed E-state index contributed by atoms with van der Waals surface area (Å²) in [7, 11) is 1.28. The van der Waals surface area contributed by atoms with Gasteiger partial charge in [-0.25, -0.2) is 4.79 Å². The van der Waals surface area contributed by atoms with Gasteiger partial charge < -0.3 is 15.4 Å². The summed E-state index contributed by atoms with van der Waals surface area (Å²) in [5.74, 6) is -0.149. The van der Waals surface area contributed by atoms with E-state index in [2.05, 4.69) is 17.0 Å². The molecule has 1 aliphatic carbocycles.